The number of halogens is 3. The van der Waals surface area contributed by atoms with Crippen molar-refractivity contribution in [2.24, 2.45) is 0 Å². The molecule has 0 spiro atoms. The highest BCUT2D eigenvalue weighted by atomic mass is 19.4. The normalized spacial score (nSPS) is 12.0. The van der Waals surface area contributed by atoms with E-state index in [1.165, 1.54) is 18.2 Å². The summed E-state index contributed by atoms with van der Waals surface area (Å²) in [7, 11) is 0. The number of alkyl halides is 3. The SMILES string of the molecule is CC(NC(=O)c1cc2cccc(C(F)(F)F)c2[nH]1)c1ccc(N)cc1.O=CO. The number of nitrogen functional groups attached to an aromatic ring is 1. The quantitative estimate of drug-likeness (QED) is 0.399. The van der Waals surface area contributed by atoms with E-state index >= 15 is 0 Å². The maximum atomic E-state index is 13.1. The summed E-state index contributed by atoms with van der Waals surface area (Å²) in [5.74, 6) is -0.478. The molecular weight excluding hydrogens is 375 g/mol. The molecular formula is C19H18F3N3O3. The molecule has 3 aromatic rings. The first-order valence-electron chi connectivity index (χ1n) is 8.10. The highest BCUT2D eigenvalue weighted by molar-refractivity contribution is 5.99. The first-order valence-corrected chi connectivity index (χ1v) is 8.10. The third kappa shape index (κ3) is 4.81. The van der Waals surface area contributed by atoms with Gasteiger partial charge in [0.15, 0.2) is 0 Å². The molecule has 2 aromatic carbocycles. The molecule has 9 heteroatoms. The van der Waals surface area contributed by atoms with Crippen LogP contribution < -0.4 is 11.1 Å². The highest BCUT2D eigenvalue weighted by Gasteiger charge is 2.33. The molecule has 0 aliphatic heterocycles. The summed E-state index contributed by atoms with van der Waals surface area (Å²) >= 11 is 0. The number of para-hydroxylation sites is 1. The number of anilines is 1. The third-order valence-corrected chi connectivity index (χ3v) is 3.99. The van der Waals surface area contributed by atoms with E-state index in [0.29, 0.717) is 11.1 Å². The lowest BCUT2D eigenvalue weighted by molar-refractivity contribution is -0.136. The zero-order valence-electron chi connectivity index (χ0n) is 14.7. The Morgan fingerprint density at radius 1 is 1.21 bits per heavy atom. The maximum Gasteiger partial charge on any atom is 0.418 e. The molecule has 1 heterocycles. The number of fused-ring (bicyclic) bond motifs is 1. The average molecular weight is 393 g/mol. The van der Waals surface area contributed by atoms with Crippen molar-refractivity contribution in [3.63, 3.8) is 0 Å². The number of aromatic amines is 1. The van der Waals surface area contributed by atoms with Gasteiger partial charge < -0.3 is 21.1 Å². The van der Waals surface area contributed by atoms with Gasteiger partial charge in [-0.2, -0.15) is 13.2 Å². The van der Waals surface area contributed by atoms with Gasteiger partial charge in [-0.15, -0.1) is 0 Å². The Hall–Kier alpha value is -3.49. The van der Waals surface area contributed by atoms with Gasteiger partial charge in [-0.3, -0.25) is 9.59 Å². The number of carboxylic acid groups (broad SMARTS) is 1. The predicted octanol–water partition coefficient (Wildman–Crippen LogP) is 3.96. The van der Waals surface area contributed by atoms with Gasteiger partial charge in [0.2, 0.25) is 0 Å². The molecule has 0 radical (unpaired) electrons. The largest absolute Gasteiger partial charge is 0.483 e. The van der Waals surface area contributed by atoms with Crippen LogP contribution in [-0.4, -0.2) is 22.5 Å². The number of amides is 1. The highest BCUT2D eigenvalue weighted by Crippen LogP contribution is 2.34. The second-order valence-corrected chi connectivity index (χ2v) is 5.92. The molecule has 0 saturated heterocycles. The van der Waals surface area contributed by atoms with Gasteiger partial charge >= 0.3 is 6.18 Å². The van der Waals surface area contributed by atoms with Gasteiger partial charge in [0.1, 0.15) is 5.69 Å². The lowest BCUT2D eigenvalue weighted by Crippen LogP contribution is -2.26. The standard InChI is InChI=1S/C18H16F3N3O.CH2O2/c1-10(11-5-7-13(22)8-6-11)23-17(25)15-9-12-3-2-4-14(16(12)24-15)18(19,20)21;2-1-3/h2-10,24H,22H2,1H3,(H,23,25);1H,(H,2,3). The Morgan fingerprint density at radius 2 is 1.82 bits per heavy atom. The smallest absolute Gasteiger partial charge is 0.418 e. The summed E-state index contributed by atoms with van der Waals surface area (Å²) in [6.07, 6.45) is -4.49. The van der Waals surface area contributed by atoms with Crippen LogP contribution in [0.2, 0.25) is 0 Å². The van der Waals surface area contributed by atoms with E-state index in [9.17, 15) is 18.0 Å². The molecule has 6 nitrogen and oxygen atoms in total. The number of hydrogen-bond acceptors (Lipinski definition) is 3. The Bertz CT molecular complexity index is 966. The van der Waals surface area contributed by atoms with E-state index in [0.717, 1.165) is 11.6 Å². The maximum absolute atomic E-state index is 13.1. The van der Waals surface area contributed by atoms with Crippen molar-refractivity contribution in [3.05, 3.63) is 65.4 Å². The minimum Gasteiger partial charge on any atom is -0.483 e. The van der Waals surface area contributed by atoms with Crippen molar-refractivity contribution < 1.29 is 27.9 Å². The first kappa shape index (κ1) is 20.8. The fourth-order valence-electron chi connectivity index (χ4n) is 2.66. The molecule has 1 aromatic heterocycles. The molecule has 5 N–H and O–H groups in total. The van der Waals surface area contributed by atoms with Crippen molar-refractivity contribution in [1.82, 2.24) is 10.3 Å². The van der Waals surface area contributed by atoms with E-state index in [1.807, 2.05) is 0 Å². The van der Waals surface area contributed by atoms with Crippen LogP contribution in [0.1, 0.15) is 34.6 Å². The summed E-state index contributed by atoms with van der Waals surface area (Å²) in [5.41, 5.74) is 6.26. The summed E-state index contributed by atoms with van der Waals surface area (Å²) in [4.78, 5) is 23.3. The molecule has 28 heavy (non-hydrogen) atoms. The Morgan fingerprint density at radius 3 is 2.39 bits per heavy atom. The van der Waals surface area contributed by atoms with Crippen LogP contribution in [0.3, 0.4) is 0 Å². The summed E-state index contributed by atoms with van der Waals surface area (Å²) in [6, 6.07) is 11.9. The van der Waals surface area contributed by atoms with Crippen LogP contribution in [0.15, 0.2) is 48.5 Å². The minimum absolute atomic E-state index is 0.0778. The second kappa shape index (κ2) is 8.47. The monoisotopic (exact) mass is 393 g/mol. The van der Waals surface area contributed by atoms with Gasteiger partial charge in [0.05, 0.1) is 17.1 Å². The van der Waals surface area contributed by atoms with Crippen molar-refractivity contribution in [2.45, 2.75) is 19.1 Å². The number of benzene rings is 2. The van der Waals surface area contributed by atoms with Gasteiger partial charge in [0.25, 0.3) is 12.4 Å². The molecule has 3 rings (SSSR count). The predicted molar refractivity (Wildman–Crippen MR) is 98.7 cm³/mol. The zero-order chi connectivity index (χ0) is 20.9. The molecule has 1 unspecified atom stereocenters. The average Bonchev–Trinajstić information content (AvgIpc) is 3.06. The molecule has 0 fully saturated rings. The molecule has 0 saturated carbocycles. The van der Waals surface area contributed by atoms with E-state index in [1.54, 1.807) is 31.2 Å². The zero-order valence-corrected chi connectivity index (χ0v) is 14.7. The minimum atomic E-state index is -4.49. The van der Waals surface area contributed by atoms with Gasteiger partial charge in [0, 0.05) is 11.1 Å². The topological polar surface area (TPSA) is 108 Å². The molecule has 0 aliphatic carbocycles. The lowest BCUT2D eigenvalue weighted by Gasteiger charge is -2.14. The van der Waals surface area contributed by atoms with Crippen LogP contribution >= 0.6 is 0 Å². The van der Waals surface area contributed by atoms with Crippen LogP contribution in [0.4, 0.5) is 18.9 Å². The van der Waals surface area contributed by atoms with Crippen LogP contribution in [0, 0.1) is 0 Å². The number of carbonyl (C=O) groups excluding carboxylic acids is 1. The Balaban J connectivity index is 0.000000878. The van der Waals surface area contributed by atoms with Gasteiger partial charge in [-0.05, 0) is 36.8 Å². The fourth-order valence-corrected chi connectivity index (χ4v) is 2.66. The number of nitrogens with two attached hydrogens (primary N) is 1. The van der Waals surface area contributed by atoms with E-state index in [4.69, 9.17) is 15.6 Å². The molecule has 1 atom stereocenters. The Labute approximate surface area is 158 Å². The van der Waals surface area contributed by atoms with E-state index in [2.05, 4.69) is 10.3 Å². The lowest BCUT2D eigenvalue weighted by atomic mass is 10.1. The molecule has 148 valence electrons. The molecule has 0 bridgehead atoms. The number of carbonyl (C=O) groups is 2. The number of H-pyrrole nitrogens is 1. The van der Waals surface area contributed by atoms with Crippen molar-refractivity contribution in [3.8, 4) is 0 Å². The number of nitrogens with one attached hydrogen (secondary N) is 2. The Kier molecular flexibility index (Phi) is 6.29. The van der Waals surface area contributed by atoms with Crippen molar-refractivity contribution in [1.29, 1.82) is 0 Å². The number of aromatic nitrogens is 1. The van der Waals surface area contributed by atoms with Gasteiger partial charge in [-0.1, -0.05) is 24.3 Å². The van der Waals surface area contributed by atoms with Crippen LogP contribution in [0.5, 0.6) is 0 Å². The van der Waals surface area contributed by atoms with Crippen molar-refractivity contribution in [2.75, 3.05) is 5.73 Å². The second-order valence-electron chi connectivity index (χ2n) is 5.92. The van der Waals surface area contributed by atoms with E-state index in [-0.39, 0.29) is 23.7 Å². The summed E-state index contributed by atoms with van der Waals surface area (Å²) in [5, 5.41) is 9.98. The summed E-state index contributed by atoms with van der Waals surface area (Å²) in [6.45, 7) is 1.53. The first-order chi connectivity index (χ1) is 13.2. The van der Waals surface area contributed by atoms with E-state index < -0.39 is 17.6 Å². The molecule has 1 amide bonds. The van der Waals surface area contributed by atoms with Crippen LogP contribution in [-0.2, 0) is 11.0 Å². The van der Waals surface area contributed by atoms with Gasteiger partial charge in [-0.25, -0.2) is 0 Å². The third-order valence-electron chi connectivity index (χ3n) is 3.99. The molecule has 0 aliphatic rings. The fraction of sp³-hybridized carbons (Fsp3) is 0.158. The van der Waals surface area contributed by atoms with Crippen molar-refractivity contribution >= 4 is 29.0 Å². The van der Waals surface area contributed by atoms with Crippen LogP contribution in [0.25, 0.3) is 10.9 Å². The summed E-state index contributed by atoms with van der Waals surface area (Å²) < 4.78 is 39.2. The number of rotatable bonds is 3. The number of hydrogen-bond donors (Lipinski definition) is 4.